The third-order valence-corrected chi connectivity index (χ3v) is 4.28. The molecule has 1 aromatic heterocycles. The lowest BCUT2D eigenvalue weighted by Gasteiger charge is -2.11. The lowest BCUT2D eigenvalue weighted by molar-refractivity contribution is 0.357. The first-order chi connectivity index (χ1) is 12.2. The number of halogens is 1. The maximum atomic E-state index is 5.55. The average molecular weight is 470 g/mol. The van der Waals surface area contributed by atoms with Crippen LogP contribution in [-0.4, -0.2) is 31.3 Å². The van der Waals surface area contributed by atoms with Crippen molar-refractivity contribution in [1.29, 1.82) is 0 Å². The normalized spacial score (nSPS) is 13.2. The van der Waals surface area contributed by atoms with Gasteiger partial charge in [0.05, 0.1) is 18.8 Å². The fourth-order valence-electron chi connectivity index (χ4n) is 2.80. The Morgan fingerprint density at radius 1 is 1.27 bits per heavy atom. The summed E-state index contributed by atoms with van der Waals surface area (Å²) >= 11 is 0. The van der Waals surface area contributed by atoms with Gasteiger partial charge in [-0.15, -0.1) is 24.0 Å². The van der Waals surface area contributed by atoms with E-state index in [4.69, 9.17) is 9.26 Å². The number of fused-ring (bicyclic) bond motifs is 1. The SMILES string of the molecule is CN=C(NCCc1ccc2c(c1)CCO2)NCc1cc(C(C)C)no1.I. The van der Waals surface area contributed by atoms with E-state index in [1.807, 2.05) is 6.07 Å². The van der Waals surface area contributed by atoms with Crippen molar-refractivity contribution in [3.8, 4) is 5.75 Å². The predicted octanol–water partition coefficient (Wildman–Crippen LogP) is 3.26. The maximum Gasteiger partial charge on any atom is 0.191 e. The summed E-state index contributed by atoms with van der Waals surface area (Å²) < 4.78 is 10.9. The molecule has 0 saturated carbocycles. The molecule has 1 aliphatic heterocycles. The van der Waals surface area contributed by atoms with Crippen LogP contribution in [0.1, 0.15) is 42.3 Å². The van der Waals surface area contributed by atoms with Crippen LogP contribution in [0.3, 0.4) is 0 Å². The minimum absolute atomic E-state index is 0. The van der Waals surface area contributed by atoms with Gasteiger partial charge in [0.15, 0.2) is 11.7 Å². The standard InChI is InChI=1S/C19H26N4O2.HI/c1-13(2)17-11-16(25-23-17)12-22-19(20-3)21-8-6-14-4-5-18-15(10-14)7-9-24-18;/h4-5,10-11,13H,6-9,12H2,1-3H3,(H2,20,21,22);1H. The lowest BCUT2D eigenvalue weighted by Crippen LogP contribution is -2.37. The van der Waals surface area contributed by atoms with Crippen molar-refractivity contribution in [3.63, 3.8) is 0 Å². The van der Waals surface area contributed by atoms with Crippen LogP contribution < -0.4 is 15.4 Å². The molecular weight excluding hydrogens is 443 g/mol. The number of ether oxygens (including phenoxy) is 1. The number of benzene rings is 1. The van der Waals surface area contributed by atoms with Crippen LogP contribution >= 0.6 is 24.0 Å². The molecule has 0 unspecified atom stereocenters. The Kier molecular flexibility index (Phi) is 7.74. The van der Waals surface area contributed by atoms with E-state index in [-0.39, 0.29) is 24.0 Å². The highest BCUT2D eigenvalue weighted by molar-refractivity contribution is 14.0. The molecule has 0 atom stereocenters. The summed E-state index contributed by atoms with van der Waals surface area (Å²) in [4.78, 5) is 4.25. The molecule has 0 aliphatic carbocycles. The fraction of sp³-hybridized carbons (Fsp3) is 0.474. The predicted molar refractivity (Wildman–Crippen MR) is 114 cm³/mol. The minimum atomic E-state index is 0. The van der Waals surface area contributed by atoms with E-state index in [9.17, 15) is 0 Å². The molecule has 1 aromatic carbocycles. The summed E-state index contributed by atoms with van der Waals surface area (Å²) in [6.07, 6.45) is 1.95. The lowest BCUT2D eigenvalue weighted by atomic mass is 10.1. The van der Waals surface area contributed by atoms with Gasteiger partial charge in [0.1, 0.15) is 5.75 Å². The number of nitrogens with one attached hydrogen (secondary N) is 2. The van der Waals surface area contributed by atoms with Gasteiger partial charge in [-0.3, -0.25) is 4.99 Å². The van der Waals surface area contributed by atoms with Gasteiger partial charge >= 0.3 is 0 Å². The number of rotatable bonds is 6. The van der Waals surface area contributed by atoms with Crippen molar-refractivity contribution in [2.24, 2.45) is 4.99 Å². The molecule has 2 aromatic rings. The van der Waals surface area contributed by atoms with Gasteiger partial charge in [-0.05, 0) is 29.5 Å². The second-order valence-electron chi connectivity index (χ2n) is 6.52. The van der Waals surface area contributed by atoms with Crippen LogP contribution in [0.2, 0.25) is 0 Å². The molecule has 0 fully saturated rings. The highest BCUT2D eigenvalue weighted by Gasteiger charge is 2.12. The first-order valence-electron chi connectivity index (χ1n) is 8.80. The highest BCUT2D eigenvalue weighted by atomic mass is 127. The second kappa shape index (κ2) is 9.80. The zero-order valence-electron chi connectivity index (χ0n) is 15.5. The Labute approximate surface area is 171 Å². The fourth-order valence-corrected chi connectivity index (χ4v) is 2.80. The van der Waals surface area contributed by atoms with Crippen molar-refractivity contribution in [2.45, 2.75) is 39.2 Å². The monoisotopic (exact) mass is 470 g/mol. The second-order valence-corrected chi connectivity index (χ2v) is 6.52. The van der Waals surface area contributed by atoms with Gasteiger partial charge in [-0.25, -0.2) is 0 Å². The Bertz CT molecular complexity index is 743. The van der Waals surface area contributed by atoms with Gasteiger partial charge in [-0.1, -0.05) is 31.1 Å². The first kappa shape index (κ1) is 20.5. The van der Waals surface area contributed by atoms with E-state index >= 15 is 0 Å². The van der Waals surface area contributed by atoms with Crippen molar-refractivity contribution in [2.75, 3.05) is 20.2 Å². The third kappa shape index (κ3) is 5.36. The van der Waals surface area contributed by atoms with E-state index in [2.05, 4.69) is 52.8 Å². The molecule has 26 heavy (non-hydrogen) atoms. The summed E-state index contributed by atoms with van der Waals surface area (Å²) in [5, 5.41) is 10.6. The zero-order valence-corrected chi connectivity index (χ0v) is 17.9. The van der Waals surface area contributed by atoms with Crippen LogP contribution in [0.25, 0.3) is 0 Å². The topological polar surface area (TPSA) is 71.7 Å². The van der Waals surface area contributed by atoms with E-state index in [0.29, 0.717) is 12.5 Å². The molecule has 0 saturated heterocycles. The maximum absolute atomic E-state index is 5.55. The molecule has 0 amide bonds. The van der Waals surface area contributed by atoms with Crippen LogP contribution in [0.15, 0.2) is 33.8 Å². The molecule has 2 N–H and O–H groups in total. The molecule has 7 heteroatoms. The molecule has 2 heterocycles. The van der Waals surface area contributed by atoms with Crippen LogP contribution in [-0.2, 0) is 19.4 Å². The van der Waals surface area contributed by atoms with Gasteiger partial charge in [0, 0.05) is 26.1 Å². The summed E-state index contributed by atoms with van der Waals surface area (Å²) in [5.41, 5.74) is 3.59. The van der Waals surface area contributed by atoms with Gasteiger partial charge in [-0.2, -0.15) is 0 Å². The number of aliphatic imine (C=N–C) groups is 1. The minimum Gasteiger partial charge on any atom is -0.493 e. The summed E-state index contributed by atoms with van der Waals surface area (Å²) in [7, 11) is 1.77. The summed E-state index contributed by atoms with van der Waals surface area (Å²) in [6.45, 7) is 6.37. The first-order valence-corrected chi connectivity index (χ1v) is 8.80. The molecule has 3 rings (SSSR count). The quantitative estimate of drug-likeness (QED) is 0.386. The van der Waals surface area contributed by atoms with E-state index in [1.165, 1.54) is 11.1 Å². The van der Waals surface area contributed by atoms with Crippen LogP contribution in [0, 0.1) is 0 Å². The molecular formula is C19H27IN4O2. The third-order valence-electron chi connectivity index (χ3n) is 4.28. The van der Waals surface area contributed by atoms with Crippen molar-refractivity contribution >= 4 is 29.9 Å². The average Bonchev–Trinajstić information content (AvgIpc) is 3.26. The number of hydrogen-bond acceptors (Lipinski definition) is 4. The molecule has 1 aliphatic rings. The van der Waals surface area contributed by atoms with Crippen molar-refractivity contribution in [1.82, 2.24) is 15.8 Å². The zero-order chi connectivity index (χ0) is 17.6. The number of guanidine groups is 1. The molecule has 0 bridgehead atoms. The summed E-state index contributed by atoms with van der Waals surface area (Å²) in [6, 6.07) is 8.42. The van der Waals surface area contributed by atoms with E-state index < -0.39 is 0 Å². The molecule has 6 nitrogen and oxygen atoms in total. The number of aromatic nitrogens is 1. The van der Waals surface area contributed by atoms with Gasteiger partial charge in [0.25, 0.3) is 0 Å². The molecule has 0 spiro atoms. The van der Waals surface area contributed by atoms with E-state index in [0.717, 1.165) is 49.2 Å². The smallest absolute Gasteiger partial charge is 0.191 e. The Balaban J connectivity index is 0.00000243. The number of hydrogen-bond donors (Lipinski definition) is 2. The largest absolute Gasteiger partial charge is 0.493 e. The molecule has 0 radical (unpaired) electrons. The van der Waals surface area contributed by atoms with Gasteiger partial charge < -0.3 is 19.9 Å². The Morgan fingerprint density at radius 2 is 2.12 bits per heavy atom. The van der Waals surface area contributed by atoms with Crippen molar-refractivity contribution < 1.29 is 9.26 Å². The highest BCUT2D eigenvalue weighted by Crippen LogP contribution is 2.25. The van der Waals surface area contributed by atoms with Gasteiger partial charge in [0.2, 0.25) is 0 Å². The van der Waals surface area contributed by atoms with Crippen molar-refractivity contribution in [3.05, 3.63) is 46.8 Å². The number of nitrogens with zero attached hydrogens (tertiary/aromatic N) is 2. The molecule has 142 valence electrons. The van der Waals surface area contributed by atoms with Crippen LogP contribution in [0.5, 0.6) is 5.75 Å². The van der Waals surface area contributed by atoms with Crippen LogP contribution in [0.4, 0.5) is 0 Å². The Morgan fingerprint density at radius 3 is 2.85 bits per heavy atom. The Hall–Kier alpha value is -1.77. The van der Waals surface area contributed by atoms with E-state index in [1.54, 1.807) is 7.05 Å². The summed E-state index contributed by atoms with van der Waals surface area (Å²) in [5.74, 6) is 2.96.